The first kappa shape index (κ1) is 41.3. The largest absolute Gasteiger partial charge is 0.396 e. The zero-order valence-electron chi connectivity index (χ0n) is 27.9. The minimum absolute atomic E-state index is 0.00719. The molecule has 1 N–H and O–H groups in total. The highest BCUT2D eigenvalue weighted by molar-refractivity contribution is 7.85. The lowest BCUT2D eigenvalue weighted by Gasteiger charge is -2.22. The van der Waals surface area contributed by atoms with E-state index in [0.717, 1.165) is 28.8 Å². The summed E-state index contributed by atoms with van der Waals surface area (Å²) >= 11 is 24.1. The zero-order chi connectivity index (χ0) is 36.8. The molecular weight excluding hydrogens is 742 g/mol. The summed E-state index contributed by atoms with van der Waals surface area (Å²) in [6.45, 7) is -0.0146. The summed E-state index contributed by atoms with van der Waals surface area (Å²) in [5.41, 5.74) is 3.33. The Hall–Kier alpha value is -3.15. The summed E-state index contributed by atoms with van der Waals surface area (Å²) in [4.78, 5) is 28.5. The quantitative estimate of drug-likeness (QED) is 0.128. The Kier molecular flexibility index (Phi) is 16.5. The van der Waals surface area contributed by atoms with Crippen molar-refractivity contribution < 1.29 is 27.3 Å². The molecule has 2 unspecified atom stereocenters. The Balaban J connectivity index is 0.000000274. The van der Waals surface area contributed by atoms with Gasteiger partial charge in [-0.25, -0.2) is 0 Å². The monoisotopic (exact) mass is 780 g/mol. The van der Waals surface area contributed by atoms with Crippen LogP contribution in [-0.4, -0.2) is 58.9 Å². The van der Waals surface area contributed by atoms with Gasteiger partial charge in [-0.15, -0.1) is 0 Å². The van der Waals surface area contributed by atoms with Crippen molar-refractivity contribution in [3.8, 4) is 0 Å². The summed E-state index contributed by atoms with van der Waals surface area (Å²) in [5, 5.41) is 11.0. The van der Waals surface area contributed by atoms with E-state index >= 15 is 0 Å². The molecule has 0 aliphatic rings. The number of hydrogen-bond acceptors (Lipinski definition) is 6. The molecule has 2 atom stereocenters. The number of aliphatic hydroxyl groups excluding tert-OH is 1. The average Bonchev–Trinajstić information content (AvgIpc) is 3.09. The van der Waals surface area contributed by atoms with E-state index < -0.39 is 10.1 Å². The minimum Gasteiger partial charge on any atom is -0.396 e. The van der Waals surface area contributed by atoms with Gasteiger partial charge in [0.25, 0.3) is 10.1 Å². The second kappa shape index (κ2) is 20.0. The van der Waals surface area contributed by atoms with Crippen LogP contribution >= 0.6 is 46.4 Å². The smallest absolute Gasteiger partial charge is 0.264 e. The first-order valence-electron chi connectivity index (χ1n) is 15.7. The van der Waals surface area contributed by atoms with Crippen LogP contribution < -0.4 is 9.80 Å². The highest BCUT2D eigenvalue weighted by Crippen LogP contribution is 2.32. The molecule has 4 rings (SSSR count). The predicted octanol–water partition coefficient (Wildman–Crippen LogP) is 9.01. The van der Waals surface area contributed by atoms with E-state index in [-0.39, 0.29) is 43.3 Å². The van der Waals surface area contributed by atoms with Crippen LogP contribution in [0.15, 0.2) is 97.1 Å². The van der Waals surface area contributed by atoms with Gasteiger partial charge in [0.2, 0.25) is 11.8 Å². The molecule has 0 saturated carbocycles. The average molecular weight is 783 g/mol. The standard InChI is InChI=1S/C19H21Cl2NO4S.C18H19Cl2NO2/c1-22(16-6-4-3-5-7-16)19(23)13-15(10-11-26-27(2,24)25)14-8-9-17(20)18(21)12-14;1-21(15-5-3-2-4-6-15)18(23)12-14(9-10-22)13-7-8-16(19)17(20)11-13/h3-9,12,15H,10-11,13H2,1-2H3;2-8,11,14,22H,9-10,12H2,1H3. The summed E-state index contributed by atoms with van der Waals surface area (Å²) in [7, 11) is -0.0897. The normalized spacial score (nSPS) is 12.3. The maximum absolute atomic E-state index is 12.7. The van der Waals surface area contributed by atoms with Crippen LogP contribution in [0, 0.1) is 0 Å². The topological polar surface area (TPSA) is 104 Å². The van der Waals surface area contributed by atoms with Crippen molar-refractivity contribution >= 4 is 79.7 Å². The number of hydrogen-bond donors (Lipinski definition) is 1. The van der Waals surface area contributed by atoms with Gasteiger partial charge in [-0.3, -0.25) is 13.8 Å². The maximum atomic E-state index is 12.7. The number of rotatable bonds is 14. The van der Waals surface area contributed by atoms with Gasteiger partial charge in [0.15, 0.2) is 0 Å². The number of halogens is 4. The number of carbonyl (C=O) groups excluding carboxylic acids is 2. The Bertz CT molecular complexity index is 1810. The second-order valence-electron chi connectivity index (χ2n) is 11.6. The molecule has 0 saturated heterocycles. The Morgan fingerprint density at radius 1 is 0.660 bits per heavy atom. The van der Waals surface area contributed by atoms with Crippen LogP contribution in [0.25, 0.3) is 0 Å². The predicted molar refractivity (Wildman–Crippen MR) is 204 cm³/mol. The Morgan fingerprint density at radius 3 is 1.42 bits per heavy atom. The van der Waals surface area contributed by atoms with Crippen molar-refractivity contribution in [2.75, 3.05) is 43.4 Å². The van der Waals surface area contributed by atoms with Crippen LogP contribution in [-0.2, 0) is 23.9 Å². The van der Waals surface area contributed by atoms with Crippen LogP contribution in [0.1, 0.15) is 48.6 Å². The van der Waals surface area contributed by atoms with Crippen molar-refractivity contribution in [2.24, 2.45) is 0 Å². The molecule has 50 heavy (non-hydrogen) atoms. The van der Waals surface area contributed by atoms with E-state index in [9.17, 15) is 23.1 Å². The van der Waals surface area contributed by atoms with E-state index in [0.29, 0.717) is 39.4 Å². The van der Waals surface area contributed by atoms with Gasteiger partial charge < -0.3 is 14.9 Å². The first-order chi connectivity index (χ1) is 23.7. The van der Waals surface area contributed by atoms with Gasteiger partial charge in [-0.1, -0.05) is 94.9 Å². The molecule has 0 fully saturated rings. The first-order valence-corrected chi connectivity index (χ1v) is 19.0. The molecule has 4 aromatic carbocycles. The third kappa shape index (κ3) is 13.2. The zero-order valence-corrected chi connectivity index (χ0v) is 31.8. The van der Waals surface area contributed by atoms with Gasteiger partial charge in [0.05, 0.1) is 33.0 Å². The third-order valence-corrected chi connectivity index (χ3v) is 10.0. The van der Waals surface area contributed by atoms with Gasteiger partial charge in [0.1, 0.15) is 0 Å². The SMILES string of the molecule is CN(C(=O)CC(CCO)c1ccc(Cl)c(Cl)c1)c1ccccc1.CN(C(=O)CC(CCOS(C)(=O)=O)c1ccc(Cl)c(Cl)c1)c1ccccc1. The molecule has 4 aromatic rings. The lowest BCUT2D eigenvalue weighted by Crippen LogP contribution is -2.28. The fourth-order valence-electron chi connectivity index (χ4n) is 5.09. The number of para-hydroxylation sites is 2. The molecule has 8 nitrogen and oxygen atoms in total. The summed E-state index contributed by atoms with van der Waals surface area (Å²) in [6, 6.07) is 29.2. The summed E-state index contributed by atoms with van der Waals surface area (Å²) in [5.74, 6) is -0.481. The van der Waals surface area contributed by atoms with Crippen LogP contribution in [0.2, 0.25) is 20.1 Å². The minimum atomic E-state index is -3.55. The van der Waals surface area contributed by atoms with Gasteiger partial charge in [0, 0.05) is 44.9 Å². The number of anilines is 2. The van der Waals surface area contributed by atoms with Crippen molar-refractivity contribution in [3.05, 3.63) is 128 Å². The highest BCUT2D eigenvalue weighted by atomic mass is 35.5. The van der Waals surface area contributed by atoms with Gasteiger partial charge in [-0.2, -0.15) is 8.42 Å². The summed E-state index contributed by atoms with van der Waals surface area (Å²) < 4.78 is 27.3. The lowest BCUT2D eigenvalue weighted by atomic mass is 9.92. The van der Waals surface area contributed by atoms with Crippen LogP contribution in [0.3, 0.4) is 0 Å². The number of benzene rings is 4. The summed E-state index contributed by atoms with van der Waals surface area (Å²) in [6.07, 6.45) is 2.31. The molecular formula is C37H40Cl4N2O6S. The van der Waals surface area contributed by atoms with Crippen molar-refractivity contribution in [1.82, 2.24) is 0 Å². The molecule has 13 heteroatoms. The Morgan fingerprint density at radius 2 is 1.06 bits per heavy atom. The molecule has 0 aliphatic carbocycles. The van der Waals surface area contributed by atoms with E-state index in [1.165, 1.54) is 0 Å². The number of carbonyl (C=O) groups is 2. The fourth-order valence-corrected chi connectivity index (χ4v) is 6.10. The number of amides is 2. The Labute approximate surface area is 314 Å². The van der Waals surface area contributed by atoms with Crippen LogP contribution in [0.4, 0.5) is 11.4 Å². The molecule has 2 amide bonds. The second-order valence-corrected chi connectivity index (χ2v) is 14.8. The van der Waals surface area contributed by atoms with Crippen molar-refractivity contribution in [3.63, 3.8) is 0 Å². The third-order valence-electron chi connectivity index (χ3n) is 7.95. The molecule has 268 valence electrons. The van der Waals surface area contributed by atoms with Gasteiger partial charge >= 0.3 is 0 Å². The lowest BCUT2D eigenvalue weighted by molar-refractivity contribution is -0.119. The van der Waals surface area contributed by atoms with E-state index in [1.807, 2.05) is 66.7 Å². The fraction of sp³-hybridized carbons (Fsp3) is 0.297. The molecule has 0 aromatic heterocycles. The van der Waals surface area contributed by atoms with Crippen molar-refractivity contribution in [1.29, 1.82) is 0 Å². The number of aliphatic hydroxyl groups is 1. The van der Waals surface area contributed by atoms with E-state index in [1.54, 1.807) is 54.2 Å². The molecule has 0 radical (unpaired) electrons. The molecule has 0 bridgehead atoms. The maximum Gasteiger partial charge on any atom is 0.264 e. The van der Waals surface area contributed by atoms with Crippen molar-refractivity contribution in [2.45, 2.75) is 37.5 Å². The molecule has 0 heterocycles. The number of nitrogens with zero attached hydrogens (tertiary/aromatic N) is 2. The van der Waals surface area contributed by atoms with E-state index in [2.05, 4.69) is 0 Å². The molecule has 0 spiro atoms. The van der Waals surface area contributed by atoms with Crippen LogP contribution in [0.5, 0.6) is 0 Å². The van der Waals surface area contributed by atoms with Gasteiger partial charge in [-0.05, 0) is 84.3 Å². The van der Waals surface area contributed by atoms with E-state index in [4.69, 9.17) is 50.6 Å². The molecule has 0 aliphatic heterocycles. The highest BCUT2D eigenvalue weighted by Gasteiger charge is 2.22.